The van der Waals surface area contributed by atoms with Gasteiger partial charge in [-0.1, -0.05) is 28.1 Å². The molecule has 1 heterocycles. The van der Waals surface area contributed by atoms with Crippen molar-refractivity contribution in [1.82, 2.24) is 5.32 Å². The summed E-state index contributed by atoms with van der Waals surface area (Å²) < 4.78 is 11.3. The molecule has 6 nitrogen and oxygen atoms in total. The smallest absolute Gasteiger partial charge is 0.265 e. The first-order valence-electron chi connectivity index (χ1n) is 7.01. The average Bonchev–Trinajstić information content (AvgIpc) is 3.01. The zero-order chi connectivity index (χ0) is 17.1. The van der Waals surface area contributed by atoms with E-state index < -0.39 is 11.8 Å². The minimum atomic E-state index is -0.740. The summed E-state index contributed by atoms with van der Waals surface area (Å²) in [5, 5.41) is 2.53. The van der Waals surface area contributed by atoms with Crippen LogP contribution in [-0.2, 0) is 4.79 Å². The highest BCUT2D eigenvalue weighted by molar-refractivity contribution is 9.10. The SMILES string of the molecule is NC(=O)/C(=C/c1ccc2c(c1)OCO2)NC(=O)c1cccc(Br)c1. The lowest BCUT2D eigenvalue weighted by molar-refractivity contribution is -0.114. The highest BCUT2D eigenvalue weighted by Gasteiger charge is 2.15. The lowest BCUT2D eigenvalue weighted by atomic mass is 10.1. The number of carbonyl (C=O) groups excluding carboxylic acids is 2. The molecule has 3 N–H and O–H groups in total. The predicted molar refractivity (Wildman–Crippen MR) is 91.3 cm³/mol. The summed E-state index contributed by atoms with van der Waals surface area (Å²) in [7, 11) is 0. The van der Waals surface area contributed by atoms with Crippen molar-refractivity contribution in [1.29, 1.82) is 0 Å². The van der Waals surface area contributed by atoms with Crippen molar-refractivity contribution in [2.75, 3.05) is 6.79 Å². The summed E-state index contributed by atoms with van der Waals surface area (Å²) in [6, 6.07) is 12.0. The molecule has 0 aromatic heterocycles. The van der Waals surface area contributed by atoms with Crippen LogP contribution in [0, 0.1) is 0 Å². The van der Waals surface area contributed by atoms with E-state index in [4.69, 9.17) is 15.2 Å². The Morgan fingerprint density at radius 2 is 1.92 bits per heavy atom. The molecule has 122 valence electrons. The van der Waals surface area contributed by atoms with Gasteiger partial charge in [0.25, 0.3) is 11.8 Å². The van der Waals surface area contributed by atoms with Crippen molar-refractivity contribution >= 4 is 33.8 Å². The molecule has 0 aliphatic carbocycles. The van der Waals surface area contributed by atoms with E-state index in [1.165, 1.54) is 6.08 Å². The highest BCUT2D eigenvalue weighted by Crippen LogP contribution is 2.33. The zero-order valence-electron chi connectivity index (χ0n) is 12.4. The molecule has 0 bridgehead atoms. The minimum absolute atomic E-state index is 0.0150. The van der Waals surface area contributed by atoms with Crippen LogP contribution in [0.25, 0.3) is 6.08 Å². The molecular formula is C17H13BrN2O4. The number of primary amides is 1. The molecule has 0 spiro atoms. The van der Waals surface area contributed by atoms with Gasteiger partial charge in [0.2, 0.25) is 6.79 Å². The number of nitrogens with two attached hydrogens (primary N) is 1. The lowest BCUT2D eigenvalue weighted by Crippen LogP contribution is -2.31. The van der Waals surface area contributed by atoms with Crippen LogP contribution in [0.4, 0.5) is 0 Å². The maximum atomic E-state index is 12.3. The van der Waals surface area contributed by atoms with Crippen molar-refractivity contribution < 1.29 is 19.1 Å². The summed E-state index contributed by atoms with van der Waals surface area (Å²) >= 11 is 3.30. The topological polar surface area (TPSA) is 90.7 Å². The molecule has 2 aromatic rings. The van der Waals surface area contributed by atoms with Crippen LogP contribution in [0.5, 0.6) is 11.5 Å². The molecule has 1 aliphatic rings. The van der Waals surface area contributed by atoms with Crippen molar-refractivity contribution in [3.05, 3.63) is 63.8 Å². The monoisotopic (exact) mass is 388 g/mol. The lowest BCUT2D eigenvalue weighted by Gasteiger charge is -2.08. The van der Waals surface area contributed by atoms with Crippen molar-refractivity contribution in [2.24, 2.45) is 5.73 Å². The van der Waals surface area contributed by atoms with E-state index in [0.717, 1.165) is 4.47 Å². The van der Waals surface area contributed by atoms with Gasteiger partial charge in [-0.3, -0.25) is 9.59 Å². The second-order valence-corrected chi connectivity index (χ2v) is 5.92. The number of benzene rings is 2. The van der Waals surface area contributed by atoms with Gasteiger partial charge in [-0.2, -0.15) is 0 Å². The summed E-state index contributed by atoms with van der Waals surface area (Å²) in [4.78, 5) is 23.9. The van der Waals surface area contributed by atoms with Crippen molar-refractivity contribution in [2.45, 2.75) is 0 Å². The van der Waals surface area contributed by atoms with E-state index in [-0.39, 0.29) is 12.5 Å². The molecule has 2 amide bonds. The van der Waals surface area contributed by atoms with Crippen LogP contribution in [-0.4, -0.2) is 18.6 Å². The van der Waals surface area contributed by atoms with Crippen LogP contribution in [0.15, 0.2) is 52.6 Å². The first-order chi connectivity index (χ1) is 11.5. The second-order valence-electron chi connectivity index (χ2n) is 5.00. The highest BCUT2D eigenvalue weighted by atomic mass is 79.9. The van der Waals surface area contributed by atoms with E-state index in [1.807, 2.05) is 0 Å². The van der Waals surface area contributed by atoms with E-state index in [2.05, 4.69) is 21.2 Å². The molecule has 1 aliphatic heterocycles. The largest absolute Gasteiger partial charge is 0.454 e. The fourth-order valence-electron chi connectivity index (χ4n) is 2.16. The molecule has 0 saturated carbocycles. The summed E-state index contributed by atoms with van der Waals surface area (Å²) in [5.41, 5.74) is 6.41. The number of halogens is 1. The van der Waals surface area contributed by atoms with Gasteiger partial charge >= 0.3 is 0 Å². The van der Waals surface area contributed by atoms with E-state index >= 15 is 0 Å². The minimum Gasteiger partial charge on any atom is -0.454 e. The Balaban J connectivity index is 1.84. The van der Waals surface area contributed by atoms with Crippen LogP contribution in [0.2, 0.25) is 0 Å². The number of fused-ring (bicyclic) bond motifs is 1. The van der Waals surface area contributed by atoms with Crippen LogP contribution >= 0.6 is 15.9 Å². The first kappa shape index (κ1) is 16.1. The van der Waals surface area contributed by atoms with Gasteiger partial charge in [-0.15, -0.1) is 0 Å². The van der Waals surface area contributed by atoms with Gasteiger partial charge in [0, 0.05) is 10.0 Å². The number of nitrogens with one attached hydrogen (secondary N) is 1. The first-order valence-corrected chi connectivity index (χ1v) is 7.80. The average molecular weight is 389 g/mol. The molecule has 7 heteroatoms. The number of carbonyl (C=O) groups is 2. The summed E-state index contributed by atoms with van der Waals surface area (Å²) in [6.45, 7) is 0.158. The number of hydrogen-bond donors (Lipinski definition) is 2. The Morgan fingerprint density at radius 1 is 1.12 bits per heavy atom. The van der Waals surface area contributed by atoms with Crippen LogP contribution < -0.4 is 20.5 Å². The van der Waals surface area contributed by atoms with E-state index in [1.54, 1.807) is 42.5 Å². The molecule has 0 fully saturated rings. The normalized spacial score (nSPS) is 12.8. The van der Waals surface area contributed by atoms with Gasteiger partial charge in [-0.25, -0.2) is 0 Å². The van der Waals surface area contributed by atoms with Crippen molar-refractivity contribution in [3.63, 3.8) is 0 Å². The molecule has 0 saturated heterocycles. The molecule has 0 atom stereocenters. The number of ether oxygens (including phenoxy) is 2. The third-order valence-corrected chi connectivity index (χ3v) is 3.80. The Hall–Kier alpha value is -2.80. The van der Waals surface area contributed by atoms with E-state index in [9.17, 15) is 9.59 Å². The Labute approximate surface area is 146 Å². The van der Waals surface area contributed by atoms with Gasteiger partial charge in [0.1, 0.15) is 5.70 Å². The molecule has 0 radical (unpaired) electrons. The van der Waals surface area contributed by atoms with Crippen molar-refractivity contribution in [3.8, 4) is 11.5 Å². The summed E-state index contributed by atoms with van der Waals surface area (Å²) in [6.07, 6.45) is 1.49. The summed E-state index contributed by atoms with van der Waals surface area (Å²) in [5.74, 6) is 0.0370. The molecule has 24 heavy (non-hydrogen) atoms. The zero-order valence-corrected chi connectivity index (χ0v) is 14.0. The predicted octanol–water partition coefficient (Wildman–Crippen LogP) is 2.43. The third-order valence-electron chi connectivity index (χ3n) is 3.31. The number of amides is 2. The number of hydrogen-bond acceptors (Lipinski definition) is 4. The van der Waals surface area contributed by atoms with Gasteiger partial charge in [-0.05, 0) is 42.0 Å². The van der Waals surface area contributed by atoms with Gasteiger partial charge < -0.3 is 20.5 Å². The molecule has 2 aromatic carbocycles. The molecular weight excluding hydrogens is 376 g/mol. The fourth-order valence-corrected chi connectivity index (χ4v) is 2.56. The third kappa shape index (κ3) is 3.57. The quantitative estimate of drug-likeness (QED) is 0.786. The van der Waals surface area contributed by atoms with Crippen LogP contribution in [0.1, 0.15) is 15.9 Å². The maximum Gasteiger partial charge on any atom is 0.265 e. The second kappa shape index (κ2) is 6.76. The Kier molecular flexibility index (Phi) is 4.52. The van der Waals surface area contributed by atoms with Gasteiger partial charge in [0.05, 0.1) is 0 Å². The van der Waals surface area contributed by atoms with E-state index in [0.29, 0.717) is 22.6 Å². The fraction of sp³-hybridized carbons (Fsp3) is 0.0588. The standard InChI is InChI=1S/C17H13BrN2O4/c18-12-3-1-2-11(8-12)17(22)20-13(16(19)21)6-10-4-5-14-15(7-10)24-9-23-14/h1-8H,9H2,(H2,19,21)(H,20,22)/b13-6-. The molecule has 3 rings (SSSR count). The number of rotatable bonds is 4. The van der Waals surface area contributed by atoms with Gasteiger partial charge in [0.15, 0.2) is 11.5 Å². The Bertz CT molecular complexity index is 848. The maximum absolute atomic E-state index is 12.3. The molecule has 0 unspecified atom stereocenters. The Morgan fingerprint density at radius 3 is 2.67 bits per heavy atom. The van der Waals surface area contributed by atoms with Crippen LogP contribution in [0.3, 0.4) is 0 Å².